The van der Waals surface area contributed by atoms with Gasteiger partial charge in [0, 0.05) is 39.1 Å². The molecule has 0 spiro atoms. The van der Waals surface area contributed by atoms with Gasteiger partial charge in [-0.3, -0.25) is 9.69 Å². The third-order valence-electron chi connectivity index (χ3n) is 5.70. The van der Waals surface area contributed by atoms with Crippen LogP contribution in [0, 0.1) is 5.92 Å². The molecular weight excluding hydrogens is 328 g/mol. The Balaban J connectivity index is 1.29. The van der Waals surface area contributed by atoms with Crippen LogP contribution in [0.2, 0.25) is 0 Å². The molecule has 0 radical (unpaired) electrons. The van der Waals surface area contributed by atoms with Crippen molar-refractivity contribution < 1.29 is 14.3 Å². The van der Waals surface area contributed by atoms with Crippen molar-refractivity contribution in [2.75, 3.05) is 46.4 Å². The second-order valence-corrected chi connectivity index (χ2v) is 7.44. The molecule has 1 aliphatic carbocycles. The van der Waals surface area contributed by atoms with Crippen molar-refractivity contribution in [2.45, 2.75) is 38.5 Å². The summed E-state index contributed by atoms with van der Waals surface area (Å²) in [4.78, 5) is 16.8. The highest BCUT2D eigenvalue weighted by molar-refractivity contribution is 5.76. The molecule has 3 rings (SSSR count). The lowest BCUT2D eigenvalue weighted by molar-refractivity contribution is -0.133. The van der Waals surface area contributed by atoms with Gasteiger partial charge in [0.1, 0.15) is 18.1 Å². The summed E-state index contributed by atoms with van der Waals surface area (Å²) >= 11 is 0. The normalized spacial score (nSPS) is 18.9. The van der Waals surface area contributed by atoms with E-state index in [1.54, 1.807) is 7.11 Å². The summed E-state index contributed by atoms with van der Waals surface area (Å²) in [5.41, 5.74) is 0. The average molecular weight is 360 g/mol. The molecule has 26 heavy (non-hydrogen) atoms. The lowest BCUT2D eigenvalue weighted by Gasteiger charge is -2.34. The van der Waals surface area contributed by atoms with E-state index in [0.717, 1.165) is 63.0 Å². The molecule has 1 amide bonds. The van der Waals surface area contributed by atoms with Gasteiger partial charge < -0.3 is 14.4 Å². The fourth-order valence-electron chi connectivity index (χ4n) is 3.97. The minimum absolute atomic E-state index is 0.353. The van der Waals surface area contributed by atoms with Crippen molar-refractivity contribution in [3.63, 3.8) is 0 Å². The van der Waals surface area contributed by atoms with Gasteiger partial charge in [0.15, 0.2) is 0 Å². The zero-order valence-corrected chi connectivity index (χ0v) is 16.0. The Hall–Kier alpha value is -1.75. The van der Waals surface area contributed by atoms with E-state index < -0.39 is 0 Å². The Morgan fingerprint density at radius 2 is 1.69 bits per heavy atom. The van der Waals surface area contributed by atoms with Gasteiger partial charge in [-0.25, -0.2) is 0 Å². The summed E-state index contributed by atoms with van der Waals surface area (Å²) in [5.74, 6) is 2.86. The molecule has 2 aliphatic rings. The average Bonchev–Trinajstić information content (AvgIpc) is 3.21. The molecule has 0 atom stereocenters. The fraction of sp³-hybridized carbons (Fsp3) is 0.667. The third kappa shape index (κ3) is 5.63. The van der Waals surface area contributed by atoms with Gasteiger partial charge in [-0.2, -0.15) is 0 Å². The maximum absolute atomic E-state index is 12.4. The highest BCUT2D eigenvalue weighted by Gasteiger charge is 2.22. The smallest absolute Gasteiger partial charge is 0.222 e. The first-order chi connectivity index (χ1) is 12.7. The summed E-state index contributed by atoms with van der Waals surface area (Å²) in [7, 11) is 1.66. The molecule has 0 bridgehead atoms. The predicted octanol–water partition coefficient (Wildman–Crippen LogP) is 3.19. The minimum Gasteiger partial charge on any atom is -0.497 e. The first kappa shape index (κ1) is 19.0. The van der Waals surface area contributed by atoms with Crippen molar-refractivity contribution in [1.82, 2.24) is 9.80 Å². The number of hydrogen-bond acceptors (Lipinski definition) is 4. The minimum atomic E-state index is 0.353. The number of ether oxygens (including phenoxy) is 2. The number of carbonyl (C=O) groups excluding carboxylic acids is 1. The van der Waals surface area contributed by atoms with Crippen LogP contribution in [0.4, 0.5) is 0 Å². The van der Waals surface area contributed by atoms with Crippen molar-refractivity contribution in [2.24, 2.45) is 5.92 Å². The summed E-state index contributed by atoms with van der Waals surface area (Å²) in [6.07, 6.45) is 7.21. The summed E-state index contributed by atoms with van der Waals surface area (Å²) < 4.78 is 10.9. The second-order valence-electron chi connectivity index (χ2n) is 7.44. The molecule has 1 heterocycles. The van der Waals surface area contributed by atoms with Gasteiger partial charge >= 0.3 is 0 Å². The molecule has 144 valence electrons. The molecule has 1 saturated heterocycles. The number of amides is 1. The first-order valence-electron chi connectivity index (χ1n) is 10.0. The topological polar surface area (TPSA) is 42.0 Å². The van der Waals surface area contributed by atoms with Crippen LogP contribution in [0.1, 0.15) is 38.5 Å². The van der Waals surface area contributed by atoms with Crippen molar-refractivity contribution >= 4 is 5.91 Å². The quantitative estimate of drug-likeness (QED) is 0.714. The number of benzene rings is 1. The van der Waals surface area contributed by atoms with E-state index in [9.17, 15) is 4.79 Å². The maximum atomic E-state index is 12.4. The van der Waals surface area contributed by atoms with Crippen LogP contribution in [-0.4, -0.2) is 62.1 Å². The number of piperazine rings is 1. The summed E-state index contributed by atoms with van der Waals surface area (Å²) in [5, 5.41) is 0. The van der Waals surface area contributed by atoms with Gasteiger partial charge in [-0.1, -0.05) is 25.7 Å². The van der Waals surface area contributed by atoms with Crippen LogP contribution in [0.3, 0.4) is 0 Å². The van der Waals surface area contributed by atoms with Crippen LogP contribution < -0.4 is 9.47 Å². The second kappa shape index (κ2) is 9.81. The molecule has 0 aromatic heterocycles. The lowest BCUT2D eigenvalue weighted by Crippen LogP contribution is -2.49. The molecule has 1 aromatic carbocycles. The summed E-state index contributed by atoms with van der Waals surface area (Å²) in [6.45, 7) is 5.17. The predicted molar refractivity (Wildman–Crippen MR) is 103 cm³/mol. The third-order valence-corrected chi connectivity index (χ3v) is 5.70. The number of rotatable bonds is 8. The van der Waals surface area contributed by atoms with Crippen LogP contribution in [0.25, 0.3) is 0 Å². The molecule has 5 nitrogen and oxygen atoms in total. The van der Waals surface area contributed by atoms with Crippen LogP contribution >= 0.6 is 0 Å². The van der Waals surface area contributed by atoms with Crippen molar-refractivity contribution in [3.8, 4) is 11.5 Å². The van der Waals surface area contributed by atoms with Crippen LogP contribution in [0.15, 0.2) is 24.3 Å². The van der Waals surface area contributed by atoms with Gasteiger partial charge in [0.25, 0.3) is 0 Å². The Labute approximate surface area is 157 Å². The number of carbonyl (C=O) groups is 1. The zero-order chi connectivity index (χ0) is 18.2. The molecule has 0 N–H and O–H groups in total. The molecule has 0 unspecified atom stereocenters. The number of methoxy groups -OCH3 is 1. The van der Waals surface area contributed by atoms with Gasteiger partial charge in [-0.05, 0) is 36.6 Å². The monoisotopic (exact) mass is 360 g/mol. The molecule has 2 fully saturated rings. The van der Waals surface area contributed by atoms with Gasteiger partial charge in [0.2, 0.25) is 5.91 Å². The van der Waals surface area contributed by atoms with E-state index in [0.29, 0.717) is 12.5 Å². The summed E-state index contributed by atoms with van der Waals surface area (Å²) in [6, 6.07) is 7.68. The Bertz CT molecular complexity index is 547. The lowest BCUT2D eigenvalue weighted by atomic mass is 10.0. The van der Waals surface area contributed by atoms with E-state index in [4.69, 9.17) is 9.47 Å². The first-order valence-corrected chi connectivity index (χ1v) is 10.0. The standard InChI is InChI=1S/C21H32N2O3/c1-25-19-7-9-20(10-8-19)26-17-16-22-12-14-23(15-13-22)21(24)11-6-18-4-2-3-5-18/h7-10,18H,2-6,11-17H2,1H3. The number of nitrogens with zero attached hydrogens (tertiary/aromatic N) is 2. The van der Waals surface area contributed by atoms with E-state index in [1.807, 2.05) is 24.3 Å². The van der Waals surface area contributed by atoms with E-state index in [-0.39, 0.29) is 0 Å². The zero-order valence-electron chi connectivity index (χ0n) is 16.0. The Morgan fingerprint density at radius 3 is 2.35 bits per heavy atom. The highest BCUT2D eigenvalue weighted by Crippen LogP contribution is 2.28. The SMILES string of the molecule is COc1ccc(OCCN2CCN(C(=O)CCC3CCCC3)CC2)cc1. The van der Waals surface area contributed by atoms with Gasteiger partial charge in [-0.15, -0.1) is 0 Å². The largest absolute Gasteiger partial charge is 0.497 e. The van der Waals surface area contributed by atoms with Crippen molar-refractivity contribution in [1.29, 1.82) is 0 Å². The molecule has 1 saturated carbocycles. The van der Waals surface area contributed by atoms with E-state index >= 15 is 0 Å². The fourth-order valence-corrected chi connectivity index (χ4v) is 3.97. The highest BCUT2D eigenvalue weighted by atomic mass is 16.5. The Morgan fingerprint density at radius 1 is 1.04 bits per heavy atom. The van der Waals surface area contributed by atoms with E-state index in [1.165, 1.54) is 25.7 Å². The van der Waals surface area contributed by atoms with Crippen LogP contribution in [-0.2, 0) is 4.79 Å². The van der Waals surface area contributed by atoms with E-state index in [2.05, 4.69) is 9.80 Å². The molecule has 5 heteroatoms. The molecular formula is C21H32N2O3. The van der Waals surface area contributed by atoms with Crippen molar-refractivity contribution in [3.05, 3.63) is 24.3 Å². The number of hydrogen-bond donors (Lipinski definition) is 0. The molecule has 1 aromatic rings. The van der Waals surface area contributed by atoms with Gasteiger partial charge in [0.05, 0.1) is 7.11 Å². The Kier molecular flexibility index (Phi) is 7.18. The maximum Gasteiger partial charge on any atom is 0.222 e. The van der Waals surface area contributed by atoms with Crippen LogP contribution in [0.5, 0.6) is 11.5 Å². The molecule has 1 aliphatic heterocycles.